The third-order valence-corrected chi connectivity index (χ3v) is 4.42. The van der Waals surface area contributed by atoms with E-state index in [9.17, 15) is 4.79 Å². The third kappa shape index (κ3) is 5.58. The van der Waals surface area contributed by atoms with E-state index in [1.807, 2.05) is 0 Å². The van der Waals surface area contributed by atoms with Gasteiger partial charge in [0.25, 0.3) is 0 Å². The first-order valence-corrected chi connectivity index (χ1v) is 8.76. The molecule has 0 saturated carbocycles. The van der Waals surface area contributed by atoms with Gasteiger partial charge in [-0.2, -0.15) is 0 Å². The summed E-state index contributed by atoms with van der Waals surface area (Å²) in [5, 5.41) is 6.37. The van der Waals surface area contributed by atoms with Crippen molar-refractivity contribution < 1.29 is 4.79 Å². The lowest BCUT2D eigenvalue weighted by Crippen LogP contribution is -2.24. The molecule has 0 aromatic heterocycles. The first kappa shape index (κ1) is 19.5. The predicted octanol–water partition coefficient (Wildman–Crippen LogP) is 3.77. The van der Waals surface area contributed by atoms with Gasteiger partial charge in [0.15, 0.2) is 0 Å². The van der Waals surface area contributed by atoms with Gasteiger partial charge in [-0.25, -0.2) is 0 Å². The Morgan fingerprint density at radius 2 is 1.64 bits per heavy atom. The van der Waals surface area contributed by atoms with Crippen LogP contribution in [0.4, 0.5) is 0 Å². The molecule has 1 aliphatic heterocycles. The molecule has 3 nitrogen and oxygen atoms in total. The maximum absolute atomic E-state index is 12.2. The van der Waals surface area contributed by atoms with E-state index in [2.05, 4.69) is 66.9 Å². The van der Waals surface area contributed by atoms with E-state index in [0.29, 0.717) is 18.9 Å². The van der Waals surface area contributed by atoms with Crippen molar-refractivity contribution in [2.45, 2.75) is 46.3 Å². The highest BCUT2D eigenvalue weighted by atomic mass is 35.5. The summed E-state index contributed by atoms with van der Waals surface area (Å²) in [5.74, 6) is 0.729. The highest BCUT2D eigenvalue weighted by Crippen LogP contribution is 2.17. The van der Waals surface area contributed by atoms with Crippen LogP contribution in [0.25, 0.3) is 0 Å². The molecule has 0 unspecified atom stereocenters. The molecule has 0 bridgehead atoms. The minimum absolute atomic E-state index is 0. The molecule has 4 heteroatoms. The van der Waals surface area contributed by atoms with Crippen LogP contribution in [-0.4, -0.2) is 5.91 Å². The summed E-state index contributed by atoms with van der Waals surface area (Å²) in [6.45, 7) is 6.92. The van der Waals surface area contributed by atoms with Crippen LogP contribution >= 0.6 is 12.4 Å². The Balaban J connectivity index is 0.00000225. The average molecular weight is 359 g/mol. The van der Waals surface area contributed by atoms with Gasteiger partial charge in [0.05, 0.1) is 6.42 Å². The summed E-state index contributed by atoms with van der Waals surface area (Å²) in [4.78, 5) is 12.2. The zero-order chi connectivity index (χ0) is 16.9. The number of benzene rings is 2. The molecule has 0 aliphatic carbocycles. The van der Waals surface area contributed by atoms with Gasteiger partial charge in [-0.15, -0.1) is 12.4 Å². The standard InChI is InChI=1S/C21H26N2O.ClH/c1-15(2)9-16-3-5-17(6-4-16)11-21(24)23-12-18-7-8-19-13-22-14-20(19)10-18;/h3-8,10,15,22H,9,11-14H2,1-2H3,(H,23,24);1H. The van der Waals surface area contributed by atoms with E-state index >= 15 is 0 Å². The molecule has 1 amide bonds. The lowest BCUT2D eigenvalue weighted by Gasteiger charge is -2.08. The quantitative estimate of drug-likeness (QED) is 0.825. The highest BCUT2D eigenvalue weighted by Gasteiger charge is 2.10. The third-order valence-electron chi connectivity index (χ3n) is 4.42. The van der Waals surface area contributed by atoms with Gasteiger partial charge < -0.3 is 10.6 Å². The van der Waals surface area contributed by atoms with Crippen LogP contribution in [0.3, 0.4) is 0 Å². The molecular formula is C21H27ClN2O. The molecule has 2 aromatic rings. The van der Waals surface area contributed by atoms with E-state index in [4.69, 9.17) is 0 Å². The van der Waals surface area contributed by atoms with Crippen LogP contribution < -0.4 is 10.6 Å². The van der Waals surface area contributed by atoms with Gasteiger partial charge in [-0.1, -0.05) is 56.3 Å². The number of rotatable bonds is 6. The fourth-order valence-corrected chi connectivity index (χ4v) is 3.17. The summed E-state index contributed by atoms with van der Waals surface area (Å²) in [6.07, 6.45) is 1.52. The molecular weight excluding hydrogens is 332 g/mol. The zero-order valence-corrected chi connectivity index (χ0v) is 15.8. The van der Waals surface area contributed by atoms with Crippen LogP contribution in [-0.2, 0) is 37.3 Å². The van der Waals surface area contributed by atoms with Gasteiger partial charge in [0.1, 0.15) is 0 Å². The van der Waals surface area contributed by atoms with Crippen LogP contribution in [0.2, 0.25) is 0 Å². The number of carbonyl (C=O) groups is 1. The smallest absolute Gasteiger partial charge is 0.224 e. The normalized spacial score (nSPS) is 12.6. The Morgan fingerprint density at radius 3 is 2.36 bits per heavy atom. The molecule has 0 spiro atoms. The topological polar surface area (TPSA) is 41.1 Å². The maximum atomic E-state index is 12.2. The minimum atomic E-state index is 0. The second-order valence-corrected chi connectivity index (χ2v) is 7.07. The highest BCUT2D eigenvalue weighted by molar-refractivity contribution is 5.85. The number of nitrogens with one attached hydrogen (secondary N) is 2. The summed E-state index contributed by atoms with van der Waals surface area (Å²) >= 11 is 0. The van der Waals surface area contributed by atoms with E-state index in [0.717, 1.165) is 30.6 Å². The zero-order valence-electron chi connectivity index (χ0n) is 15.0. The van der Waals surface area contributed by atoms with Crippen molar-refractivity contribution in [3.05, 3.63) is 70.3 Å². The Kier molecular flexibility index (Phi) is 7.03. The van der Waals surface area contributed by atoms with Crippen LogP contribution in [0.15, 0.2) is 42.5 Å². The molecule has 3 rings (SSSR count). The Hall–Kier alpha value is -1.84. The SMILES string of the molecule is CC(C)Cc1ccc(CC(=O)NCc2ccc3c(c2)CNC3)cc1.Cl. The Bertz CT molecular complexity index is 710. The number of hydrogen-bond acceptors (Lipinski definition) is 2. The van der Waals surface area contributed by atoms with Crippen molar-refractivity contribution >= 4 is 18.3 Å². The molecule has 0 saturated heterocycles. The molecule has 0 radical (unpaired) electrons. The lowest BCUT2D eigenvalue weighted by molar-refractivity contribution is -0.120. The lowest BCUT2D eigenvalue weighted by atomic mass is 10.0. The molecule has 1 heterocycles. The van der Waals surface area contributed by atoms with E-state index in [1.54, 1.807) is 0 Å². The van der Waals surface area contributed by atoms with Crippen LogP contribution in [0.5, 0.6) is 0 Å². The second-order valence-electron chi connectivity index (χ2n) is 7.07. The largest absolute Gasteiger partial charge is 0.352 e. The van der Waals surface area contributed by atoms with Gasteiger partial charge in [0, 0.05) is 19.6 Å². The second kappa shape index (κ2) is 9.02. The van der Waals surface area contributed by atoms with Gasteiger partial charge in [-0.3, -0.25) is 4.79 Å². The summed E-state index contributed by atoms with van der Waals surface area (Å²) in [6, 6.07) is 14.9. The van der Waals surface area contributed by atoms with Crippen molar-refractivity contribution in [3.8, 4) is 0 Å². The minimum Gasteiger partial charge on any atom is -0.352 e. The fourth-order valence-electron chi connectivity index (χ4n) is 3.17. The predicted molar refractivity (Wildman–Crippen MR) is 105 cm³/mol. The summed E-state index contributed by atoms with van der Waals surface area (Å²) < 4.78 is 0. The maximum Gasteiger partial charge on any atom is 0.224 e. The fraction of sp³-hybridized carbons (Fsp3) is 0.381. The molecule has 2 N–H and O–H groups in total. The van der Waals surface area contributed by atoms with E-state index in [-0.39, 0.29) is 18.3 Å². The number of amides is 1. The van der Waals surface area contributed by atoms with Crippen LogP contribution in [0.1, 0.15) is 41.7 Å². The number of fused-ring (bicyclic) bond motifs is 1. The van der Waals surface area contributed by atoms with E-state index in [1.165, 1.54) is 16.7 Å². The number of carbonyl (C=O) groups excluding carboxylic acids is 1. The van der Waals surface area contributed by atoms with Crippen molar-refractivity contribution in [2.75, 3.05) is 0 Å². The van der Waals surface area contributed by atoms with Crippen molar-refractivity contribution in [1.82, 2.24) is 10.6 Å². The van der Waals surface area contributed by atoms with Crippen molar-refractivity contribution in [2.24, 2.45) is 5.92 Å². The van der Waals surface area contributed by atoms with E-state index < -0.39 is 0 Å². The Labute approximate surface area is 156 Å². The Morgan fingerprint density at radius 1 is 1.00 bits per heavy atom. The molecule has 0 fully saturated rings. The molecule has 0 atom stereocenters. The summed E-state index contributed by atoms with van der Waals surface area (Å²) in [7, 11) is 0. The van der Waals surface area contributed by atoms with Gasteiger partial charge >= 0.3 is 0 Å². The summed E-state index contributed by atoms with van der Waals surface area (Å²) in [5.41, 5.74) is 6.28. The molecule has 25 heavy (non-hydrogen) atoms. The first-order chi connectivity index (χ1) is 11.6. The average Bonchev–Trinajstić information content (AvgIpc) is 3.02. The molecule has 134 valence electrons. The molecule has 1 aliphatic rings. The molecule has 2 aromatic carbocycles. The van der Waals surface area contributed by atoms with Gasteiger partial charge in [-0.05, 0) is 40.2 Å². The first-order valence-electron chi connectivity index (χ1n) is 8.76. The number of hydrogen-bond donors (Lipinski definition) is 2. The number of halogens is 1. The van der Waals surface area contributed by atoms with Crippen molar-refractivity contribution in [3.63, 3.8) is 0 Å². The van der Waals surface area contributed by atoms with Crippen molar-refractivity contribution in [1.29, 1.82) is 0 Å². The monoisotopic (exact) mass is 358 g/mol. The van der Waals surface area contributed by atoms with Crippen LogP contribution in [0, 0.1) is 5.92 Å². The van der Waals surface area contributed by atoms with Gasteiger partial charge in [0.2, 0.25) is 5.91 Å².